The largest absolute Gasteiger partial charge is 0.256 e. The van der Waals surface area contributed by atoms with Crippen LogP contribution in [0.4, 0.5) is 0 Å². The van der Waals surface area contributed by atoms with Gasteiger partial charge >= 0.3 is 0 Å². The molecular weight excluding hydrogens is 278 g/mol. The van der Waals surface area contributed by atoms with Crippen molar-refractivity contribution >= 4 is 22.2 Å². The number of pyridine rings is 1. The molecule has 1 aromatic carbocycles. The van der Waals surface area contributed by atoms with E-state index >= 15 is 0 Å². The van der Waals surface area contributed by atoms with Crippen LogP contribution in [0.1, 0.15) is 11.3 Å². The quantitative estimate of drug-likeness (QED) is 0.557. The van der Waals surface area contributed by atoms with Crippen molar-refractivity contribution in [2.24, 2.45) is 0 Å². The van der Waals surface area contributed by atoms with Crippen molar-refractivity contribution in [3.63, 3.8) is 0 Å². The molecule has 0 saturated carbocycles. The molecule has 0 fully saturated rings. The van der Waals surface area contributed by atoms with Crippen LogP contribution >= 0.6 is 0 Å². The second-order valence-electron chi connectivity index (χ2n) is 4.79. The van der Waals surface area contributed by atoms with E-state index in [0.717, 1.165) is 16.5 Å². The van der Waals surface area contributed by atoms with Crippen molar-refractivity contribution in [2.75, 3.05) is 0 Å². The Bertz CT molecular complexity index is 1030. The van der Waals surface area contributed by atoms with Gasteiger partial charge in [-0.1, -0.05) is 17.3 Å². The first-order valence-corrected chi connectivity index (χ1v) is 6.63. The first-order valence-electron chi connectivity index (χ1n) is 6.63. The number of nitriles is 1. The lowest BCUT2D eigenvalue weighted by molar-refractivity contribution is 0.664. The second kappa shape index (κ2) is 4.86. The minimum absolute atomic E-state index is 0.249. The number of benzene rings is 1. The third-order valence-corrected chi connectivity index (χ3v) is 3.34. The minimum Gasteiger partial charge on any atom is -0.256 e. The molecule has 0 bridgehead atoms. The second-order valence-corrected chi connectivity index (χ2v) is 4.79. The molecule has 0 amide bonds. The van der Waals surface area contributed by atoms with Crippen molar-refractivity contribution in [1.82, 2.24) is 29.9 Å². The fourth-order valence-corrected chi connectivity index (χ4v) is 2.31. The van der Waals surface area contributed by atoms with E-state index in [1.54, 1.807) is 10.9 Å². The monoisotopic (exact) mass is 287 g/mol. The maximum atomic E-state index is 8.92. The zero-order valence-electron chi connectivity index (χ0n) is 11.4. The number of hydrogen-bond donors (Lipinski definition) is 0. The van der Waals surface area contributed by atoms with E-state index in [9.17, 15) is 0 Å². The first-order chi connectivity index (χ1) is 10.8. The number of aromatic nitrogens is 6. The molecule has 3 aromatic heterocycles. The number of hydrogen-bond acceptors (Lipinski definition) is 6. The number of rotatable bonds is 2. The van der Waals surface area contributed by atoms with Crippen molar-refractivity contribution < 1.29 is 0 Å². The Hall–Kier alpha value is -3.40. The minimum atomic E-state index is 0.249. The lowest BCUT2D eigenvalue weighted by Crippen LogP contribution is -2.03. The topological polar surface area (TPSA) is 93.2 Å². The molecule has 0 unspecified atom stereocenters. The van der Waals surface area contributed by atoms with Crippen LogP contribution in [0, 0.1) is 11.3 Å². The van der Waals surface area contributed by atoms with Gasteiger partial charge < -0.3 is 0 Å². The third kappa shape index (κ3) is 2.03. The van der Waals surface area contributed by atoms with Gasteiger partial charge in [0.05, 0.1) is 18.3 Å². The Balaban J connectivity index is 1.77. The Kier molecular flexibility index (Phi) is 2.73. The number of fused-ring (bicyclic) bond motifs is 2. The summed E-state index contributed by atoms with van der Waals surface area (Å²) < 4.78 is 1.64. The molecule has 0 aliphatic carbocycles. The predicted octanol–water partition coefficient (Wildman–Crippen LogP) is 1.69. The van der Waals surface area contributed by atoms with Crippen molar-refractivity contribution in [3.05, 3.63) is 54.0 Å². The SMILES string of the molecule is N#Cc1cnc2nnn(Cc3ccc4ncccc4c3)c2n1. The Morgan fingerprint density at radius 3 is 3.05 bits per heavy atom. The van der Waals surface area contributed by atoms with Crippen molar-refractivity contribution in [3.8, 4) is 6.07 Å². The molecule has 0 aliphatic heterocycles. The number of nitrogens with zero attached hydrogens (tertiary/aromatic N) is 7. The van der Waals surface area contributed by atoms with Crippen LogP contribution in [0.2, 0.25) is 0 Å². The van der Waals surface area contributed by atoms with Gasteiger partial charge in [-0.05, 0) is 23.8 Å². The lowest BCUT2D eigenvalue weighted by atomic mass is 10.1. The summed E-state index contributed by atoms with van der Waals surface area (Å²) in [6, 6.07) is 11.9. The van der Waals surface area contributed by atoms with Crippen LogP contribution in [0.25, 0.3) is 22.2 Å². The molecule has 0 aliphatic rings. The molecule has 0 N–H and O–H groups in total. The molecule has 7 nitrogen and oxygen atoms in total. The van der Waals surface area contributed by atoms with Gasteiger partial charge in [0, 0.05) is 11.6 Å². The molecule has 0 saturated heterocycles. The lowest BCUT2D eigenvalue weighted by Gasteiger charge is -2.04. The summed E-state index contributed by atoms with van der Waals surface area (Å²) in [7, 11) is 0. The standard InChI is InChI=1S/C15H9N7/c16-7-12-8-18-14-15(19-12)22(21-20-14)9-10-3-4-13-11(6-10)2-1-5-17-13/h1-6,8H,9H2. The average molecular weight is 287 g/mol. The summed E-state index contributed by atoms with van der Waals surface area (Å²) in [6.07, 6.45) is 3.16. The molecule has 7 heteroatoms. The zero-order valence-corrected chi connectivity index (χ0v) is 11.4. The predicted molar refractivity (Wildman–Crippen MR) is 78.7 cm³/mol. The fraction of sp³-hybridized carbons (Fsp3) is 0.0667. The molecule has 0 atom stereocenters. The van der Waals surface area contributed by atoms with E-state index in [0.29, 0.717) is 17.8 Å². The fourth-order valence-electron chi connectivity index (χ4n) is 2.31. The van der Waals surface area contributed by atoms with E-state index in [1.807, 2.05) is 30.3 Å². The molecule has 4 aromatic rings. The summed E-state index contributed by atoms with van der Waals surface area (Å²) in [5.41, 5.74) is 3.18. The molecule has 0 spiro atoms. The summed E-state index contributed by atoms with van der Waals surface area (Å²) in [5.74, 6) is 0. The van der Waals surface area contributed by atoms with E-state index in [-0.39, 0.29) is 5.69 Å². The van der Waals surface area contributed by atoms with Crippen LogP contribution in [0.15, 0.2) is 42.7 Å². The van der Waals surface area contributed by atoms with Gasteiger partial charge in [0.2, 0.25) is 5.65 Å². The third-order valence-electron chi connectivity index (χ3n) is 3.34. The normalized spacial score (nSPS) is 10.9. The van der Waals surface area contributed by atoms with Gasteiger partial charge in [0.25, 0.3) is 0 Å². The molecule has 3 heterocycles. The molecule has 4 rings (SSSR count). The highest BCUT2D eigenvalue weighted by Crippen LogP contribution is 2.15. The van der Waals surface area contributed by atoms with Gasteiger partial charge in [-0.3, -0.25) is 4.98 Å². The van der Waals surface area contributed by atoms with E-state index < -0.39 is 0 Å². The van der Waals surface area contributed by atoms with Crippen LogP contribution < -0.4 is 0 Å². The molecule has 0 radical (unpaired) electrons. The maximum Gasteiger partial charge on any atom is 0.221 e. The zero-order chi connectivity index (χ0) is 14.9. The Labute approximate surface area is 124 Å². The van der Waals surface area contributed by atoms with Crippen molar-refractivity contribution in [2.45, 2.75) is 6.54 Å². The summed E-state index contributed by atoms with van der Waals surface area (Å²) >= 11 is 0. The van der Waals surface area contributed by atoms with Gasteiger partial charge in [-0.25, -0.2) is 14.6 Å². The Morgan fingerprint density at radius 2 is 2.14 bits per heavy atom. The van der Waals surface area contributed by atoms with Gasteiger partial charge in [-0.15, -0.1) is 5.10 Å². The van der Waals surface area contributed by atoms with E-state index in [4.69, 9.17) is 5.26 Å². The first kappa shape index (κ1) is 12.3. The van der Waals surface area contributed by atoms with Gasteiger partial charge in [0.1, 0.15) is 6.07 Å². The summed E-state index contributed by atoms with van der Waals surface area (Å²) in [5, 5.41) is 18.0. The average Bonchev–Trinajstić information content (AvgIpc) is 2.97. The van der Waals surface area contributed by atoms with Gasteiger partial charge in [-0.2, -0.15) is 5.26 Å². The van der Waals surface area contributed by atoms with Crippen LogP contribution in [0.3, 0.4) is 0 Å². The van der Waals surface area contributed by atoms with E-state index in [2.05, 4.69) is 31.3 Å². The molecule has 104 valence electrons. The van der Waals surface area contributed by atoms with Crippen LogP contribution in [-0.4, -0.2) is 29.9 Å². The Morgan fingerprint density at radius 1 is 1.18 bits per heavy atom. The van der Waals surface area contributed by atoms with Crippen LogP contribution in [-0.2, 0) is 6.54 Å². The highest BCUT2D eigenvalue weighted by Gasteiger charge is 2.09. The summed E-state index contributed by atoms with van der Waals surface area (Å²) in [4.78, 5) is 12.6. The molecule has 22 heavy (non-hydrogen) atoms. The highest BCUT2D eigenvalue weighted by molar-refractivity contribution is 5.79. The summed E-state index contributed by atoms with van der Waals surface area (Å²) in [6.45, 7) is 0.505. The van der Waals surface area contributed by atoms with E-state index in [1.165, 1.54) is 6.20 Å². The maximum absolute atomic E-state index is 8.92. The smallest absolute Gasteiger partial charge is 0.221 e. The highest BCUT2D eigenvalue weighted by atomic mass is 15.4. The van der Waals surface area contributed by atoms with Crippen LogP contribution in [0.5, 0.6) is 0 Å². The molecular formula is C15H9N7. The van der Waals surface area contributed by atoms with Crippen molar-refractivity contribution in [1.29, 1.82) is 5.26 Å². The van der Waals surface area contributed by atoms with Gasteiger partial charge in [0.15, 0.2) is 11.3 Å².